The molecule has 0 aliphatic carbocycles. The minimum Gasteiger partial charge on any atom is -0.444 e. The molecular weight excluding hydrogens is 294 g/mol. The number of hydrogen-bond donors (Lipinski definition) is 0. The minimum atomic E-state index is -0.414. The largest absolute Gasteiger partial charge is 0.444 e. The van der Waals surface area contributed by atoms with Crippen molar-refractivity contribution < 1.29 is 9.53 Å². The van der Waals surface area contributed by atoms with Gasteiger partial charge < -0.3 is 9.64 Å². The Morgan fingerprint density at radius 1 is 1.28 bits per heavy atom. The molecule has 0 saturated carbocycles. The van der Waals surface area contributed by atoms with E-state index in [4.69, 9.17) is 4.74 Å². The summed E-state index contributed by atoms with van der Waals surface area (Å²) in [4.78, 5) is 13.9. The maximum Gasteiger partial charge on any atom is 0.410 e. The highest BCUT2D eigenvalue weighted by molar-refractivity contribution is 9.09. The topological polar surface area (TPSA) is 29.5 Å². The number of hydrogen-bond acceptors (Lipinski definition) is 2. The predicted octanol–water partition coefficient (Wildman–Crippen LogP) is 4.44. The summed E-state index contributed by atoms with van der Waals surface area (Å²) >= 11 is 3.52. The van der Waals surface area contributed by atoms with E-state index in [2.05, 4.69) is 29.8 Å². The van der Waals surface area contributed by atoms with Crippen LogP contribution in [0.25, 0.3) is 0 Å². The summed E-state index contributed by atoms with van der Waals surface area (Å²) in [5.41, 5.74) is -0.414. The second-order valence-corrected chi connectivity index (χ2v) is 6.33. The SMILES string of the molecule is CCCN(CCC(CC)CBr)C(=O)OC(C)(C)C. The molecule has 0 bridgehead atoms. The number of carbonyl (C=O) groups excluding carboxylic acids is 1. The molecule has 0 spiro atoms. The van der Waals surface area contributed by atoms with E-state index in [9.17, 15) is 4.79 Å². The highest BCUT2D eigenvalue weighted by Crippen LogP contribution is 2.15. The van der Waals surface area contributed by atoms with Crippen molar-refractivity contribution in [1.29, 1.82) is 0 Å². The van der Waals surface area contributed by atoms with Crippen LogP contribution in [-0.4, -0.2) is 35.0 Å². The zero-order valence-corrected chi connectivity index (χ0v) is 14.0. The van der Waals surface area contributed by atoms with Crippen LogP contribution in [-0.2, 0) is 4.74 Å². The number of carbonyl (C=O) groups is 1. The van der Waals surface area contributed by atoms with Crippen LogP contribution in [0, 0.1) is 5.92 Å². The van der Waals surface area contributed by atoms with Gasteiger partial charge in [0.1, 0.15) is 5.60 Å². The first-order valence-corrected chi connectivity index (χ1v) is 8.00. The van der Waals surface area contributed by atoms with Crippen LogP contribution in [0.4, 0.5) is 4.79 Å². The van der Waals surface area contributed by atoms with Gasteiger partial charge in [0.2, 0.25) is 0 Å². The summed E-state index contributed by atoms with van der Waals surface area (Å²) < 4.78 is 5.43. The smallest absolute Gasteiger partial charge is 0.410 e. The summed E-state index contributed by atoms with van der Waals surface area (Å²) in [6, 6.07) is 0. The van der Waals surface area contributed by atoms with Crippen molar-refractivity contribution >= 4 is 22.0 Å². The number of rotatable bonds is 7. The molecule has 1 atom stereocenters. The lowest BCUT2D eigenvalue weighted by Crippen LogP contribution is -2.38. The van der Waals surface area contributed by atoms with Gasteiger partial charge in [0.25, 0.3) is 0 Å². The minimum absolute atomic E-state index is 0.186. The van der Waals surface area contributed by atoms with E-state index in [0.717, 1.165) is 37.7 Å². The van der Waals surface area contributed by atoms with Crippen LogP contribution in [0.15, 0.2) is 0 Å². The number of alkyl halides is 1. The fraction of sp³-hybridized carbons (Fsp3) is 0.929. The third-order valence-corrected chi connectivity index (χ3v) is 3.66. The molecule has 0 fully saturated rings. The van der Waals surface area contributed by atoms with Gasteiger partial charge in [-0.25, -0.2) is 4.79 Å². The molecule has 0 aromatic carbocycles. The molecule has 0 heterocycles. The van der Waals surface area contributed by atoms with Gasteiger partial charge >= 0.3 is 6.09 Å². The zero-order chi connectivity index (χ0) is 14.2. The number of amides is 1. The Bertz CT molecular complexity index is 234. The standard InChI is InChI=1S/C14H28BrNO2/c1-6-9-16(10-8-12(7-2)11-15)13(17)18-14(3,4)5/h12H,6-11H2,1-5H3. The lowest BCUT2D eigenvalue weighted by Gasteiger charge is -2.28. The van der Waals surface area contributed by atoms with Crippen LogP contribution in [0.5, 0.6) is 0 Å². The van der Waals surface area contributed by atoms with E-state index in [1.54, 1.807) is 0 Å². The van der Waals surface area contributed by atoms with E-state index < -0.39 is 5.60 Å². The fourth-order valence-electron chi connectivity index (χ4n) is 1.62. The fourth-order valence-corrected chi connectivity index (χ4v) is 2.40. The number of halogens is 1. The first-order chi connectivity index (χ1) is 8.34. The summed E-state index contributed by atoms with van der Waals surface area (Å²) in [5.74, 6) is 0.631. The normalized spacial score (nSPS) is 13.2. The molecule has 3 nitrogen and oxygen atoms in total. The van der Waals surface area contributed by atoms with E-state index >= 15 is 0 Å². The van der Waals surface area contributed by atoms with Gasteiger partial charge in [-0.2, -0.15) is 0 Å². The molecule has 0 aliphatic heterocycles. The predicted molar refractivity (Wildman–Crippen MR) is 80.3 cm³/mol. The summed E-state index contributed by atoms with van der Waals surface area (Å²) in [6.07, 6.45) is 2.94. The Labute approximate surface area is 120 Å². The highest BCUT2D eigenvalue weighted by atomic mass is 79.9. The quantitative estimate of drug-likeness (QED) is 0.648. The Kier molecular flexibility index (Phi) is 8.66. The molecule has 1 amide bonds. The van der Waals surface area contributed by atoms with E-state index in [1.807, 2.05) is 25.7 Å². The first-order valence-electron chi connectivity index (χ1n) is 6.87. The number of ether oxygens (including phenoxy) is 1. The molecule has 108 valence electrons. The summed E-state index contributed by atoms with van der Waals surface area (Å²) in [7, 11) is 0. The molecule has 18 heavy (non-hydrogen) atoms. The Morgan fingerprint density at radius 2 is 1.89 bits per heavy atom. The van der Waals surface area contributed by atoms with E-state index in [0.29, 0.717) is 5.92 Å². The number of nitrogens with zero attached hydrogens (tertiary/aromatic N) is 1. The molecule has 0 radical (unpaired) electrons. The second kappa shape index (κ2) is 8.78. The molecule has 1 unspecified atom stereocenters. The third kappa shape index (κ3) is 7.96. The molecule has 0 N–H and O–H groups in total. The molecule has 0 aromatic rings. The third-order valence-electron chi connectivity index (χ3n) is 2.75. The van der Waals surface area contributed by atoms with Crippen LogP contribution >= 0.6 is 15.9 Å². The molecule has 0 rings (SSSR count). The van der Waals surface area contributed by atoms with Crippen molar-refractivity contribution in [1.82, 2.24) is 4.90 Å². The van der Waals surface area contributed by atoms with E-state index in [-0.39, 0.29) is 6.09 Å². The van der Waals surface area contributed by atoms with Gasteiger partial charge in [-0.05, 0) is 39.5 Å². The second-order valence-electron chi connectivity index (χ2n) is 5.68. The van der Waals surface area contributed by atoms with Gasteiger partial charge in [0.15, 0.2) is 0 Å². The molecule has 0 aliphatic rings. The van der Waals surface area contributed by atoms with Crippen molar-refractivity contribution in [2.75, 3.05) is 18.4 Å². The Balaban J connectivity index is 4.33. The van der Waals surface area contributed by atoms with Crippen LogP contribution in [0.3, 0.4) is 0 Å². The first kappa shape index (κ1) is 17.8. The molecule has 4 heteroatoms. The maximum absolute atomic E-state index is 12.0. The highest BCUT2D eigenvalue weighted by Gasteiger charge is 2.21. The Morgan fingerprint density at radius 3 is 2.28 bits per heavy atom. The van der Waals surface area contributed by atoms with Crippen molar-refractivity contribution in [3.05, 3.63) is 0 Å². The zero-order valence-electron chi connectivity index (χ0n) is 12.5. The van der Waals surface area contributed by atoms with Crippen LogP contribution < -0.4 is 0 Å². The van der Waals surface area contributed by atoms with Gasteiger partial charge in [0, 0.05) is 18.4 Å². The van der Waals surface area contributed by atoms with Gasteiger partial charge in [-0.3, -0.25) is 0 Å². The van der Waals surface area contributed by atoms with Crippen molar-refractivity contribution in [3.8, 4) is 0 Å². The average molecular weight is 322 g/mol. The molecule has 0 aromatic heterocycles. The van der Waals surface area contributed by atoms with Crippen LogP contribution in [0.2, 0.25) is 0 Å². The van der Waals surface area contributed by atoms with Crippen molar-refractivity contribution in [2.24, 2.45) is 5.92 Å². The Hall–Kier alpha value is -0.250. The monoisotopic (exact) mass is 321 g/mol. The van der Waals surface area contributed by atoms with E-state index in [1.165, 1.54) is 0 Å². The summed E-state index contributed by atoms with van der Waals surface area (Å²) in [5, 5.41) is 0.998. The average Bonchev–Trinajstić information content (AvgIpc) is 2.26. The maximum atomic E-state index is 12.0. The van der Waals surface area contributed by atoms with Gasteiger partial charge in [0.05, 0.1) is 0 Å². The lowest BCUT2D eigenvalue weighted by molar-refractivity contribution is 0.0241. The van der Waals surface area contributed by atoms with Crippen molar-refractivity contribution in [3.63, 3.8) is 0 Å². The molecular formula is C14H28BrNO2. The van der Waals surface area contributed by atoms with Gasteiger partial charge in [-0.15, -0.1) is 0 Å². The lowest BCUT2D eigenvalue weighted by atomic mass is 10.1. The summed E-state index contributed by atoms with van der Waals surface area (Å²) in [6.45, 7) is 11.5. The van der Waals surface area contributed by atoms with Gasteiger partial charge in [-0.1, -0.05) is 36.2 Å². The molecule has 0 saturated heterocycles. The van der Waals surface area contributed by atoms with Crippen LogP contribution in [0.1, 0.15) is 53.9 Å². The van der Waals surface area contributed by atoms with Crippen molar-refractivity contribution in [2.45, 2.75) is 59.5 Å².